The summed E-state index contributed by atoms with van der Waals surface area (Å²) in [6.07, 6.45) is 1.90. The number of pyridine rings is 1. The van der Waals surface area contributed by atoms with Crippen molar-refractivity contribution < 1.29 is 9.59 Å². The van der Waals surface area contributed by atoms with Gasteiger partial charge < -0.3 is 10.2 Å². The van der Waals surface area contributed by atoms with Crippen LogP contribution in [0.15, 0.2) is 83.5 Å². The Morgan fingerprint density at radius 1 is 0.929 bits per heavy atom. The Morgan fingerprint density at radius 2 is 1.64 bits per heavy atom. The summed E-state index contributed by atoms with van der Waals surface area (Å²) in [4.78, 5) is 31.0. The zero-order valence-corrected chi connectivity index (χ0v) is 16.8. The quantitative estimate of drug-likeness (QED) is 0.602. The lowest BCUT2D eigenvalue weighted by Crippen LogP contribution is -2.34. The van der Waals surface area contributed by atoms with Crippen molar-refractivity contribution in [2.45, 2.75) is 13.0 Å². The number of nitrogens with one attached hydrogen (secondary N) is 1. The molecule has 2 amide bonds. The Bertz CT molecular complexity index is 916. The van der Waals surface area contributed by atoms with Gasteiger partial charge in [-0.25, -0.2) is 0 Å². The minimum atomic E-state index is -0.187. The van der Waals surface area contributed by atoms with E-state index in [9.17, 15) is 9.59 Å². The van der Waals surface area contributed by atoms with Crippen LogP contribution < -0.4 is 10.2 Å². The van der Waals surface area contributed by atoms with E-state index in [1.165, 1.54) is 0 Å². The van der Waals surface area contributed by atoms with Gasteiger partial charge in [-0.05, 0) is 48.5 Å². The molecule has 2 aromatic carbocycles. The fourth-order valence-electron chi connectivity index (χ4n) is 2.71. The molecule has 3 rings (SSSR count). The van der Waals surface area contributed by atoms with Crippen LogP contribution in [0.5, 0.6) is 0 Å². The van der Waals surface area contributed by atoms with Crippen LogP contribution >= 0.6 is 15.9 Å². The maximum absolute atomic E-state index is 12.9. The van der Waals surface area contributed by atoms with Crippen LogP contribution in [0, 0.1) is 0 Å². The third-order valence-corrected chi connectivity index (χ3v) is 4.67. The van der Waals surface area contributed by atoms with Crippen molar-refractivity contribution in [3.05, 3.63) is 94.7 Å². The Labute approximate surface area is 172 Å². The van der Waals surface area contributed by atoms with E-state index in [1.807, 2.05) is 60.7 Å². The number of nitrogens with zero attached hydrogens (tertiary/aromatic N) is 2. The van der Waals surface area contributed by atoms with E-state index in [2.05, 4.69) is 26.2 Å². The molecule has 3 aromatic rings. The molecule has 0 saturated heterocycles. The van der Waals surface area contributed by atoms with Crippen molar-refractivity contribution in [2.75, 3.05) is 11.4 Å². The average Bonchev–Trinajstić information content (AvgIpc) is 2.74. The summed E-state index contributed by atoms with van der Waals surface area (Å²) in [5.74, 6) is -0.269. The number of carbonyl (C=O) groups is 2. The molecule has 1 heterocycles. The van der Waals surface area contributed by atoms with Gasteiger partial charge in [-0.2, -0.15) is 0 Å². The minimum Gasteiger partial charge on any atom is -0.352 e. The van der Waals surface area contributed by atoms with Crippen LogP contribution in [-0.4, -0.2) is 23.3 Å². The van der Waals surface area contributed by atoms with Crippen molar-refractivity contribution >= 4 is 33.4 Å². The summed E-state index contributed by atoms with van der Waals surface area (Å²) >= 11 is 3.42. The van der Waals surface area contributed by atoms with Crippen molar-refractivity contribution in [1.82, 2.24) is 10.3 Å². The van der Waals surface area contributed by atoms with Gasteiger partial charge in [0.15, 0.2) is 0 Å². The maximum atomic E-state index is 12.9. The van der Waals surface area contributed by atoms with Crippen LogP contribution in [0.3, 0.4) is 0 Å². The lowest BCUT2D eigenvalue weighted by atomic mass is 10.2. The average molecular weight is 438 g/mol. The van der Waals surface area contributed by atoms with E-state index >= 15 is 0 Å². The summed E-state index contributed by atoms with van der Waals surface area (Å²) in [7, 11) is 0. The van der Waals surface area contributed by atoms with E-state index < -0.39 is 0 Å². The van der Waals surface area contributed by atoms with E-state index in [0.29, 0.717) is 12.1 Å². The third kappa shape index (κ3) is 5.50. The van der Waals surface area contributed by atoms with Crippen molar-refractivity contribution in [3.63, 3.8) is 0 Å². The highest BCUT2D eigenvalue weighted by atomic mass is 79.9. The molecule has 5 nitrogen and oxygen atoms in total. The second kappa shape index (κ2) is 9.80. The second-order valence-corrected chi connectivity index (χ2v) is 7.06. The first-order valence-corrected chi connectivity index (χ1v) is 9.72. The van der Waals surface area contributed by atoms with Gasteiger partial charge in [0, 0.05) is 34.9 Å². The number of halogens is 1. The van der Waals surface area contributed by atoms with Gasteiger partial charge in [0.2, 0.25) is 5.91 Å². The third-order valence-electron chi connectivity index (χ3n) is 4.15. The number of hydrogen-bond donors (Lipinski definition) is 1. The molecule has 6 heteroatoms. The van der Waals surface area contributed by atoms with Gasteiger partial charge in [-0.3, -0.25) is 14.6 Å². The highest BCUT2D eigenvalue weighted by molar-refractivity contribution is 9.10. The zero-order chi connectivity index (χ0) is 19.8. The van der Waals surface area contributed by atoms with Crippen molar-refractivity contribution in [1.29, 1.82) is 0 Å². The molecule has 0 saturated carbocycles. The molecule has 0 aliphatic rings. The lowest BCUT2D eigenvalue weighted by molar-refractivity contribution is -0.118. The predicted octanol–water partition coefficient (Wildman–Crippen LogP) is 4.20. The molecule has 28 heavy (non-hydrogen) atoms. The molecule has 0 aliphatic carbocycles. The van der Waals surface area contributed by atoms with Crippen LogP contribution in [0.4, 0.5) is 5.69 Å². The standard InChI is InChI=1S/C22H20BrN3O2/c23-18-9-11-20(12-10-18)26(16-19-8-4-5-14-24-19)21(27)13-15-25-22(28)17-6-2-1-3-7-17/h1-12,14H,13,15-16H2,(H,25,28). The predicted molar refractivity (Wildman–Crippen MR) is 113 cm³/mol. The number of aromatic nitrogens is 1. The van der Waals surface area contributed by atoms with E-state index in [-0.39, 0.29) is 24.8 Å². The molecule has 0 atom stereocenters. The number of anilines is 1. The smallest absolute Gasteiger partial charge is 0.251 e. The molecule has 1 aromatic heterocycles. The topological polar surface area (TPSA) is 62.3 Å². The van der Waals surface area contributed by atoms with Gasteiger partial charge in [-0.15, -0.1) is 0 Å². The first kappa shape index (κ1) is 19.8. The lowest BCUT2D eigenvalue weighted by Gasteiger charge is -2.23. The molecule has 0 fully saturated rings. The molecule has 1 N–H and O–H groups in total. The van der Waals surface area contributed by atoms with E-state index in [0.717, 1.165) is 15.9 Å². The van der Waals surface area contributed by atoms with Gasteiger partial charge in [-0.1, -0.05) is 40.2 Å². The Balaban J connectivity index is 1.66. The molecular weight excluding hydrogens is 418 g/mol. The second-order valence-electron chi connectivity index (χ2n) is 6.15. The normalized spacial score (nSPS) is 10.3. The van der Waals surface area contributed by atoms with Gasteiger partial charge in [0.1, 0.15) is 0 Å². The first-order chi connectivity index (χ1) is 13.6. The summed E-state index contributed by atoms with van der Waals surface area (Å²) < 4.78 is 0.941. The van der Waals surface area contributed by atoms with E-state index in [1.54, 1.807) is 23.2 Å². The maximum Gasteiger partial charge on any atom is 0.251 e. The number of carbonyl (C=O) groups excluding carboxylic acids is 2. The zero-order valence-electron chi connectivity index (χ0n) is 15.2. The van der Waals surface area contributed by atoms with Crippen LogP contribution in [0.1, 0.15) is 22.5 Å². The Morgan fingerprint density at radius 3 is 2.32 bits per heavy atom. The molecular formula is C22H20BrN3O2. The molecule has 0 radical (unpaired) electrons. The monoisotopic (exact) mass is 437 g/mol. The Kier molecular flexibility index (Phi) is 6.92. The van der Waals surface area contributed by atoms with Crippen molar-refractivity contribution in [2.24, 2.45) is 0 Å². The SMILES string of the molecule is O=C(NCCC(=O)N(Cc1ccccn1)c1ccc(Br)cc1)c1ccccc1. The van der Waals surface area contributed by atoms with Gasteiger partial charge >= 0.3 is 0 Å². The highest BCUT2D eigenvalue weighted by Crippen LogP contribution is 2.21. The summed E-state index contributed by atoms with van der Waals surface area (Å²) in [5, 5.41) is 2.80. The molecule has 0 aliphatic heterocycles. The van der Waals surface area contributed by atoms with Crippen LogP contribution in [0.2, 0.25) is 0 Å². The molecule has 142 valence electrons. The highest BCUT2D eigenvalue weighted by Gasteiger charge is 2.17. The van der Waals surface area contributed by atoms with Crippen molar-refractivity contribution in [3.8, 4) is 0 Å². The van der Waals surface area contributed by atoms with Crippen LogP contribution in [-0.2, 0) is 11.3 Å². The van der Waals surface area contributed by atoms with Gasteiger partial charge in [0.25, 0.3) is 5.91 Å². The number of rotatable bonds is 7. The Hall–Kier alpha value is -2.99. The number of benzene rings is 2. The molecule has 0 spiro atoms. The summed E-state index contributed by atoms with van der Waals surface area (Å²) in [6, 6.07) is 22.1. The summed E-state index contributed by atoms with van der Waals surface area (Å²) in [5.41, 5.74) is 2.16. The van der Waals surface area contributed by atoms with Gasteiger partial charge in [0.05, 0.1) is 12.2 Å². The fraction of sp³-hybridized carbons (Fsp3) is 0.136. The first-order valence-electron chi connectivity index (χ1n) is 8.92. The van der Waals surface area contributed by atoms with E-state index in [4.69, 9.17) is 0 Å². The number of hydrogen-bond acceptors (Lipinski definition) is 3. The molecule has 0 bridgehead atoms. The summed E-state index contributed by atoms with van der Waals surface area (Å²) in [6.45, 7) is 0.635. The minimum absolute atomic E-state index is 0.0821. The fourth-order valence-corrected chi connectivity index (χ4v) is 2.97. The largest absolute Gasteiger partial charge is 0.352 e. The number of amides is 2. The van der Waals surface area contributed by atoms with Crippen LogP contribution in [0.25, 0.3) is 0 Å². The molecule has 0 unspecified atom stereocenters.